The predicted octanol–water partition coefficient (Wildman–Crippen LogP) is 3.87. The molecule has 1 heterocycles. The molecule has 1 fully saturated rings. The fourth-order valence-electron chi connectivity index (χ4n) is 3.66. The molecule has 10 heteroatoms. The predicted molar refractivity (Wildman–Crippen MR) is 128 cm³/mol. The number of benzene rings is 2. The maximum Gasteiger partial charge on any atom is 0.259 e. The van der Waals surface area contributed by atoms with Gasteiger partial charge in [-0.25, -0.2) is 8.42 Å². The van der Waals surface area contributed by atoms with E-state index in [1.807, 2.05) is 0 Å². The Kier molecular flexibility index (Phi) is 7.99. The minimum atomic E-state index is -3.73. The summed E-state index contributed by atoms with van der Waals surface area (Å²) < 4.78 is 33.1. The molecule has 0 radical (unpaired) electrons. The molecule has 2 aromatic carbocycles. The van der Waals surface area contributed by atoms with Crippen LogP contribution in [0.2, 0.25) is 5.02 Å². The van der Waals surface area contributed by atoms with E-state index in [9.17, 15) is 18.0 Å². The number of nitrogens with one attached hydrogen (secondary N) is 1. The highest BCUT2D eigenvalue weighted by molar-refractivity contribution is 7.89. The van der Waals surface area contributed by atoms with Gasteiger partial charge < -0.3 is 15.0 Å². The van der Waals surface area contributed by atoms with Crippen LogP contribution in [-0.4, -0.2) is 63.7 Å². The number of hydrogen-bond acceptors (Lipinski definition) is 5. The third-order valence-electron chi connectivity index (χ3n) is 5.48. The third-order valence-corrected chi connectivity index (χ3v) is 7.69. The number of halogens is 1. The Morgan fingerprint density at radius 1 is 1.00 bits per heavy atom. The molecule has 1 N–H and O–H groups in total. The van der Waals surface area contributed by atoms with Crippen molar-refractivity contribution in [3.63, 3.8) is 0 Å². The average Bonchev–Trinajstić information content (AvgIpc) is 3.08. The summed E-state index contributed by atoms with van der Waals surface area (Å²) >= 11 is 6.23. The first kappa shape index (κ1) is 25.0. The maximum absolute atomic E-state index is 13.2. The van der Waals surface area contributed by atoms with Crippen molar-refractivity contribution >= 4 is 39.1 Å². The van der Waals surface area contributed by atoms with Gasteiger partial charge in [-0.2, -0.15) is 4.31 Å². The van der Waals surface area contributed by atoms with Gasteiger partial charge in [0.25, 0.3) is 11.8 Å². The fraction of sp³-hybridized carbons (Fsp3) is 0.391. The molecule has 1 saturated heterocycles. The number of sulfonamides is 1. The van der Waals surface area contributed by atoms with E-state index in [-0.39, 0.29) is 27.1 Å². The zero-order valence-corrected chi connectivity index (χ0v) is 20.5. The Labute approximate surface area is 199 Å². The van der Waals surface area contributed by atoms with Crippen LogP contribution in [0, 0.1) is 0 Å². The summed E-state index contributed by atoms with van der Waals surface area (Å²) in [6.45, 7) is 0.929. The lowest BCUT2D eigenvalue weighted by Gasteiger charge is -2.20. The van der Waals surface area contributed by atoms with Crippen molar-refractivity contribution in [1.29, 1.82) is 0 Å². The largest absolute Gasteiger partial charge is 0.496 e. The third kappa shape index (κ3) is 5.66. The van der Waals surface area contributed by atoms with Gasteiger partial charge in [0.05, 0.1) is 28.2 Å². The number of hydrogen-bond donors (Lipinski definition) is 1. The van der Waals surface area contributed by atoms with Crippen molar-refractivity contribution < 1.29 is 22.7 Å². The minimum Gasteiger partial charge on any atom is -0.496 e. The van der Waals surface area contributed by atoms with E-state index in [0.717, 1.165) is 25.7 Å². The van der Waals surface area contributed by atoms with Crippen LogP contribution in [0.5, 0.6) is 5.75 Å². The van der Waals surface area contributed by atoms with Crippen LogP contribution >= 0.6 is 11.6 Å². The first-order valence-electron chi connectivity index (χ1n) is 10.7. The summed E-state index contributed by atoms with van der Waals surface area (Å²) in [5.74, 6) is -0.568. The van der Waals surface area contributed by atoms with E-state index in [1.165, 1.54) is 46.6 Å². The second-order valence-corrected chi connectivity index (χ2v) is 10.4. The Hall–Kier alpha value is -2.62. The van der Waals surface area contributed by atoms with Crippen molar-refractivity contribution in [2.75, 3.05) is 39.6 Å². The number of carbonyl (C=O) groups is 2. The molecule has 2 amide bonds. The summed E-state index contributed by atoms with van der Waals surface area (Å²) in [7, 11) is 0.912. The zero-order valence-electron chi connectivity index (χ0n) is 18.9. The van der Waals surface area contributed by atoms with Crippen LogP contribution in [0.15, 0.2) is 41.3 Å². The SMILES string of the molecule is COc1ccc(S(=O)(=O)N2CCCCCC2)cc1C(=O)Nc1ccc(C(=O)N(C)C)c(Cl)c1. The lowest BCUT2D eigenvalue weighted by molar-refractivity contribution is 0.0827. The van der Waals surface area contributed by atoms with Crippen LogP contribution in [0.4, 0.5) is 5.69 Å². The molecule has 8 nitrogen and oxygen atoms in total. The number of rotatable bonds is 6. The molecule has 0 saturated carbocycles. The second-order valence-electron chi connectivity index (χ2n) is 8.03. The number of amides is 2. The molecule has 0 bridgehead atoms. The number of ether oxygens (including phenoxy) is 1. The number of carbonyl (C=O) groups excluding carboxylic acids is 2. The average molecular weight is 494 g/mol. The molecule has 2 aromatic rings. The van der Waals surface area contributed by atoms with Crippen molar-refractivity contribution in [1.82, 2.24) is 9.21 Å². The van der Waals surface area contributed by atoms with E-state index < -0.39 is 15.9 Å². The summed E-state index contributed by atoms with van der Waals surface area (Å²) in [6.07, 6.45) is 3.64. The van der Waals surface area contributed by atoms with Gasteiger partial charge in [-0.05, 0) is 49.2 Å². The highest BCUT2D eigenvalue weighted by Crippen LogP contribution is 2.28. The summed E-state index contributed by atoms with van der Waals surface area (Å²) in [5.41, 5.74) is 0.754. The number of methoxy groups -OCH3 is 1. The Morgan fingerprint density at radius 2 is 1.67 bits per heavy atom. The van der Waals surface area contributed by atoms with Crippen LogP contribution in [-0.2, 0) is 10.0 Å². The lowest BCUT2D eigenvalue weighted by Crippen LogP contribution is -2.32. The van der Waals surface area contributed by atoms with Crippen LogP contribution in [0.3, 0.4) is 0 Å². The van der Waals surface area contributed by atoms with Crippen LogP contribution < -0.4 is 10.1 Å². The van der Waals surface area contributed by atoms with Gasteiger partial charge in [-0.3, -0.25) is 9.59 Å². The Balaban J connectivity index is 1.88. The van der Waals surface area contributed by atoms with Gasteiger partial charge in [0.2, 0.25) is 10.0 Å². The molecule has 1 aliphatic heterocycles. The summed E-state index contributed by atoms with van der Waals surface area (Å²) in [5, 5.41) is 2.89. The van der Waals surface area contributed by atoms with E-state index in [0.29, 0.717) is 24.3 Å². The molecule has 0 aromatic heterocycles. The van der Waals surface area contributed by atoms with Gasteiger partial charge in [-0.1, -0.05) is 24.4 Å². The highest BCUT2D eigenvalue weighted by Gasteiger charge is 2.27. The van der Waals surface area contributed by atoms with Crippen LogP contribution in [0.25, 0.3) is 0 Å². The molecule has 3 rings (SSSR count). The van der Waals surface area contributed by atoms with E-state index in [1.54, 1.807) is 20.2 Å². The molecule has 0 unspecified atom stereocenters. The Morgan fingerprint density at radius 3 is 2.24 bits per heavy atom. The van der Waals surface area contributed by atoms with Gasteiger partial charge in [-0.15, -0.1) is 0 Å². The first-order valence-corrected chi connectivity index (χ1v) is 12.5. The van der Waals surface area contributed by atoms with E-state index >= 15 is 0 Å². The van der Waals surface area contributed by atoms with Crippen molar-refractivity contribution in [3.8, 4) is 5.75 Å². The summed E-state index contributed by atoms with van der Waals surface area (Å²) in [6, 6.07) is 8.82. The Bertz CT molecular complexity index is 1140. The van der Waals surface area contributed by atoms with Crippen molar-refractivity contribution in [2.24, 2.45) is 0 Å². The normalized spacial score (nSPS) is 14.9. The minimum absolute atomic E-state index is 0.0420. The molecular weight excluding hydrogens is 466 g/mol. The van der Waals surface area contributed by atoms with Gasteiger partial charge in [0.15, 0.2) is 0 Å². The topological polar surface area (TPSA) is 96.0 Å². The van der Waals surface area contributed by atoms with Gasteiger partial charge in [0, 0.05) is 32.9 Å². The molecule has 33 heavy (non-hydrogen) atoms. The van der Waals surface area contributed by atoms with Crippen LogP contribution in [0.1, 0.15) is 46.4 Å². The number of anilines is 1. The monoisotopic (exact) mass is 493 g/mol. The number of nitrogens with zero attached hydrogens (tertiary/aromatic N) is 2. The second kappa shape index (κ2) is 10.5. The molecular formula is C23H28ClN3O5S. The lowest BCUT2D eigenvalue weighted by atomic mass is 10.1. The highest BCUT2D eigenvalue weighted by atomic mass is 35.5. The molecule has 0 spiro atoms. The summed E-state index contributed by atoms with van der Waals surface area (Å²) in [4.78, 5) is 26.6. The molecule has 0 aliphatic carbocycles. The zero-order chi connectivity index (χ0) is 24.2. The molecule has 178 valence electrons. The van der Waals surface area contributed by atoms with Gasteiger partial charge >= 0.3 is 0 Å². The quantitative estimate of drug-likeness (QED) is 0.659. The van der Waals surface area contributed by atoms with E-state index in [2.05, 4.69) is 5.32 Å². The standard InChI is InChI=1S/C23H28ClN3O5S/c1-26(2)23(29)18-10-8-16(14-20(18)24)25-22(28)19-15-17(9-11-21(19)32-3)33(30,31)27-12-6-4-5-7-13-27/h8-11,14-15H,4-7,12-13H2,1-3H3,(H,25,28). The van der Waals surface area contributed by atoms with Crippen molar-refractivity contribution in [2.45, 2.75) is 30.6 Å². The molecule has 0 atom stereocenters. The van der Waals surface area contributed by atoms with Gasteiger partial charge in [0.1, 0.15) is 5.75 Å². The molecule has 1 aliphatic rings. The smallest absolute Gasteiger partial charge is 0.259 e. The maximum atomic E-state index is 13.2. The van der Waals surface area contributed by atoms with Crippen molar-refractivity contribution in [3.05, 3.63) is 52.5 Å². The van der Waals surface area contributed by atoms with E-state index in [4.69, 9.17) is 16.3 Å². The fourth-order valence-corrected chi connectivity index (χ4v) is 5.47. The first-order chi connectivity index (χ1) is 15.6.